The third-order valence-electron chi connectivity index (χ3n) is 2.65. The Hall–Kier alpha value is -0.300. The van der Waals surface area contributed by atoms with Gasteiger partial charge in [-0.3, -0.25) is 0 Å². The van der Waals surface area contributed by atoms with Crippen molar-refractivity contribution in [2.75, 3.05) is 13.1 Å². The molecule has 0 aliphatic carbocycles. The maximum atomic E-state index is 3.71. The number of unbranched alkanes of at least 4 members (excludes halogenated alkanes) is 4. The van der Waals surface area contributed by atoms with Crippen molar-refractivity contribution in [3.63, 3.8) is 0 Å². The maximum Gasteiger partial charge on any atom is -0.00460 e. The third-order valence-corrected chi connectivity index (χ3v) is 2.65. The highest BCUT2D eigenvalue weighted by atomic mass is 14.8. The summed E-state index contributed by atoms with van der Waals surface area (Å²) >= 11 is 0. The summed E-state index contributed by atoms with van der Waals surface area (Å²) in [5, 5.41) is 3.47. The summed E-state index contributed by atoms with van der Waals surface area (Å²) in [5.74, 6) is 0.877. The molecule has 0 amide bonds. The van der Waals surface area contributed by atoms with E-state index >= 15 is 0 Å². The number of allylic oxidation sites excluding steroid dienone is 1. The van der Waals surface area contributed by atoms with Crippen molar-refractivity contribution in [1.29, 1.82) is 0 Å². The molecule has 0 unspecified atom stereocenters. The Morgan fingerprint density at radius 2 is 1.67 bits per heavy atom. The van der Waals surface area contributed by atoms with Crippen LogP contribution in [0.4, 0.5) is 0 Å². The molecule has 0 heterocycles. The first-order chi connectivity index (χ1) is 7.27. The van der Waals surface area contributed by atoms with E-state index in [0.29, 0.717) is 0 Å². The van der Waals surface area contributed by atoms with Crippen LogP contribution < -0.4 is 5.32 Å². The molecule has 0 atom stereocenters. The molecule has 1 N–H and O–H groups in total. The predicted molar refractivity (Wildman–Crippen MR) is 70.2 cm³/mol. The quantitative estimate of drug-likeness (QED) is 0.400. The lowest BCUT2D eigenvalue weighted by Gasteiger charge is -2.05. The van der Waals surface area contributed by atoms with Gasteiger partial charge in [0.2, 0.25) is 0 Å². The molecule has 0 aromatic heterocycles. The van der Waals surface area contributed by atoms with Crippen LogP contribution in [0.25, 0.3) is 0 Å². The standard InChI is InChI=1S/C14H29N/c1-4-5-9-12-15-13-10-7-6-8-11-14(2)3/h4,14-15H,1,5-13H2,2-3H3. The smallest absolute Gasteiger partial charge is 0.00460 e. The van der Waals surface area contributed by atoms with Gasteiger partial charge in [0.15, 0.2) is 0 Å². The lowest BCUT2D eigenvalue weighted by molar-refractivity contribution is 0.511. The van der Waals surface area contributed by atoms with Gasteiger partial charge in [-0.1, -0.05) is 45.6 Å². The summed E-state index contributed by atoms with van der Waals surface area (Å²) in [6.45, 7) is 10.7. The second kappa shape index (κ2) is 11.8. The lowest BCUT2D eigenvalue weighted by Crippen LogP contribution is -2.16. The van der Waals surface area contributed by atoms with E-state index in [9.17, 15) is 0 Å². The van der Waals surface area contributed by atoms with Gasteiger partial charge >= 0.3 is 0 Å². The SMILES string of the molecule is C=CCCCNCCCCCCC(C)C. The first-order valence-corrected chi connectivity index (χ1v) is 6.59. The zero-order valence-corrected chi connectivity index (χ0v) is 10.7. The highest BCUT2D eigenvalue weighted by Gasteiger charge is 1.94. The van der Waals surface area contributed by atoms with Crippen LogP contribution in [0, 0.1) is 5.92 Å². The Kier molecular flexibility index (Phi) is 11.5. The van der Waals surface area contributed by atoms with Crippen LogP contribution in [0.5, 0.6) is 0 Å². The van der Waals surface area contributed by atoms with E-state index in [1.165, 1.54) is 45.1 Å². The molecule has 0 aliphatic heterocycles. The molecule has 0 aromatic carbocycles. The number of hydrogen-bond acceptors (Lipinski definition) is 1. The summed E-state index contributed by atoms with van der Waals surface area (Å²) in [7, 11) is 0. The summed E-state index contributed by atoms with van der Waals surface area (Å²) in [4.78, 5) is 0. The van der Waals surface area contributed by atoms with Gasteiger partial charge in [-0.25, -0.2) is 0 Å². The molecule has 0 aliphatic rings. The number of nitrogens with one attached hydrogen (secondary N) is 1. The summed E-state index contributed by atoms with van der Waals surface area (Å²) in [6.07, 6.45) is 11.3. The van der Waals surface area contributed by atoms with Gasteiger partial charge in [0.1, 0.15) is 0 Å². The van der Waals surface area contributed by atoms with Crippen molar-refractivity contribution in [3.8, 4) is 0 Å². The van der Waals surface area contributed by atoms with Gasteiger partial charge in [-0.05, 0) is 38.3 Å². The third kappa shape index (κ3) is 13.7. The normalized spacial score (nSPS) is 10.9. The first kappa shape index (κ1) is 14.7. The van der Waals surface area contributed by atoms with Gasteiger partial charge < -0.3 is 5.32 Å². The first-order valence-electron chi connectivity index (χ1n) is 6.59. The van der Waals surface area contributed by atoms with Crippen molar-refractivity contribution in [2.45, 2.75) is 58.8 Å². The zero-order chi connectivity index (χ0) is 11.4. The van der Waals surface area contributed by atoms with E-state index in [4.69, 9.17) is 0 Å². The molecule has 0 bridgehead atoms. The average Bonchev–Trinajstić information content (AvgIpc) is 2.20. The molecule has 0 fully saturated rings. The van der Waals surface area contributed by atoms with Crippen molar-refractivity contribution < 1.29 is 0 Å². The molecule has 90 valence electrons. The van der Waals surface area contributed by atoms with Crippen LogP contribution in [-0.4, -0.2) is 13.1 Å². The molecule has 0 radical (unpaired) electrons. The fraction of sp³-hybridized carbons (Fsp3) is 0.857. The van der Waals surface area contributed by atoms with Crippen LogP contribution in [0.3, 0.4) is 0 Å². The van der Waals surface area contributed by atoms with Crippen LogP contribution in [-0.2, 0) is 0 Å². The van der Waals surface area contributed by atoms with Crippen LogP contribution in [0.1, 0.15) is 58.8 Å². The highest BCUT2D eigenvalue weighted by molar-refractivity contribution is 4.66. The Morgan fingerprint density at radius 3 is 2.33 bits per heavy atom. The number of hydrogen-bond donors (Lipinski definition) is 1. The second-order valence-corrected chi connectivity index (χ2v) is 4.78. The van der Waals surface area contributed by atoms with Crippen molar-refractivity contribution in [1.82, 2.24) is 5.32 Å². The van der Waals surface area contributed by atoms with Gasteiger partial charge in [0.05, 0.1) is 0 Å². The van der Waals surface area contributed by atoms with Crippen LogP contribution in [0.2, 0.25) is 0 Å². The molecule has 0 saturated heterocycles. The van der Waals surface area contributed by atoms with Crippen molar-refractivity contribution in [3.05, 3.63) is 12.7 Å². The highest BCUT2D eigenvalue weighted by Crippen LogP contribution is 2.08. The minimum absolute atomic E-state index is 0.877. The van der Waals surface area contributed by atoms with E-state index in [0.717, 1.165) is 18.9 Å². The Balaban J connectivity index is 2.89. The fourth-order valence-electron chi connectivity index (χ4n) is 1.65. The molecule has 1 nitrogen and oxygen atoms in total. The molecule has 0 saturated carbocycles. The monoisotopic (exact) mass is 211 g/mol. The molecule has 0 spiro atoms. The minimum atomic E-state index is 0.877. The number of rotatable bonds is 11. The summed E-state index contributed by atoms with van der Waals surface area (Å²) < 4.78 is 0. The second-order valence-electron chi connectivity index (χ2n) is 4.78. The minimum Gasteiger partial charge on any atom is -0.317 e. The molecule has 1 heteroatoms. The maximum absolute atomic E-state index is 3.71. The molecule has 0 rings (SSSR count). The Labute approximate surface area is 96.3 Å². The lowest BCUT2D eigenvalue weighted by atomic mass is 10.0. The predicted octanol–water partition coefficient (Wildman–Crippen LogP) is 4.15. The molecule has 15 heavy (non-hydrogen) atoms. The van der Waals surface area contributed by atoms with Crippen LogP contribution in [0.15, 0.2) is 12.7 Å². The topological polar surface area (TPSA) is 12.0 Å². The largest absolute Gasteiger partial charge is 0.317 e. The van der Waals surface area contributed by atoms with E-state index in [1.54, 1.807) is 0 Å². The zero-order valence-electron chi connectivity index (χ0n) is 10.7. The Morgan fingerprint density at radius 1 is 1.00 bits per heavy atom. The van der Waals surface area contributed by atoms with Crippen molar-refractivity contribution >= 4 is 0 Å². The summed E-state index contributed by atoms with van der Waals surface area (Å²) in [6, 6.07) is 0. The summed E-state index contributed by atoms with van der Waals surface area (Å²) in [5.41, 5.74) is 0. The Bertz CT molecular complexity index is 129. The molecule has 0 aromatic rings. The average molecular weight is 211 g/mol. The van der Waals surface area contributed by atoms with Gasteiger partial charge in [-0.2, -0.15) is 0 Å². The van der Waals surface area contributed by atoms with Crippen molar-refractivity contribution in [2.24, 2.45) is 5.92 Å². The van der Waals surface area contributed by atoms with E-state index in [-0.39, 0.29) is 0 Å². The van der Waals surface area contributed by atoms with E-state index < -0.39 is 0 Å². The van der Waals surface area contributed by atoms with Gasteiger partial charge in [0, 0.05) is 0 Å². The molecular weight excluding hydrogens is 182 g/mol. The fourth-order valence-corrected chi connectivity index (χ4v) is 1.65. The van der Waals surface area contributed by atoms with Crippen LogP contribution >= 0.6 is 0 Å². The van der Waals surface area contributed by atoms with Gasteiger partial charge in [0.25, 0.3) is 0 Å². The van der Waals surface area contributed by atoms with E-state index in [2.05, 4.69) is 25.7 Å². The van der Waals surface area contributed by atoms with Gasteiger partial charge in [-0.15, -0.1) is 6.58 Å². The van der Waals surface area contributed by atoms with E-state index in [1.807, 2.05) is 6.08 Å². The molecular formula is C14H29N.